The van der Waals surface area contributed by atoms with Gasteiger partial charge in [-0.1, -0.05) is 13.0 Å². The third kappa shape index (κ3) is 2.97. The minimum absolute atomic E-state index is 0.151. The molecule has 1 fully saturated rings. The molecule has 0 spiro atoms. The quantitative estimate of drug-likeness (QED) is 0.777. The molecule has 120 valence electrons. The second-order valence-electron chi connectivity index (χ2n) is 6.19. The van der Waals surface area contributed by atoms with Gasteiger partial charge in [0.05, 0.1) is 6.04 Å². The largest absolute Gasteiger partial charge is 0.361 e. The number of aromatic amines is 1. The molecular formula is C17H19N3O3. The van der Waals surface area contributed by atoms with Crippen molar-refractivity contribution in [1.82, 2.24) is 9.88 Å². The van der Waals surface area contributed by atoms with E-state index in [0.717, 1.165) is 29.3 Å². The number of hydrogen-bond acceptors (Lipinski definition) is 3. The maximum atomic E-state index is 12.1. The summed E-state index contributed by atoms with van der Waals surface area (Å²) in [4.78, 5) is 39.2. The summed E-state index contributed by atoms with van der Waals surface area (Å²) >= 11 is 0. The first-order valence-electron chi connectivity index (χ1n) is 7.69. The summed E-state index contributed by atoms with van der Waals surface area (Å²) < 4.78 is 0. The number of H-pyrrole nitrogens is 1. The SMILES string of the molecule is C[C@@H]1CC[C@@H](c2ccc3[nH]c(=O)ccc3c2)N(C(=O)C(N)=O)C1. The molecule has 1 aromatic heterocycles. The molecule has 0 saturated carbocycles. The maximum Gasteiger partial charge on any atom is 0.312 e. The van der Waals surface area contributed by atoms with E-state index in [1.807, 2.05) is 18.2 Å². The van der Waals surface area contributed by atoms with Gasteiger partial charge in [-0.3, -0.25) is 14.4 Å². The molecule has 23 heavy (non-hydrogen) atoms. The van der Waals surface area contributed by atoms with Crippen molar-refractivity contribution in [2.75, 3.05) is 6.54 Å². The molecule has 0 radical (unpaired) electrons. The fourth-order valence-electron chi connectivity index (χ4n) is 3.25. The van der Waals surface area contributed by atoms with E-state index in [9.17, 15) is 14.4 Å². The van der Waals surface area contributed by atoms with Gasteiger partial charge in [-0.2, -0.15) is 0 Å². The van der Waals surface area contributed by atoms with Crippen molar-refractivity contribution in [3.63, 3.8) is 0 Å². The molecule has 1 aromatic carbocycles. The number of nitrogens with zero attached hydrogens (tertiary/aromatic N) is 1. The summed E-state index contributed by atoms with van der Waals surface area (Å²) in [6, 6.07) is 8.73. The third-order valence-corrected chi connectivity index (χ3v) is 4.42. The lowest BCUT2D eigenvalue weighted by molar-refractivity contribution is -0.147. The minimum Gasteiger partial charge on any atom is -0.361 e. The maximum absolute atomic E-state index is 12.1. The molecule has 1 aliphatic heterocycles. The van der Waals surface area contributed by atoms with E-state index < -0.39 is 11.8 Å². The number of hydrogen-bond donors (Lipinski definition) is 2. The highest BCUT2D eigenvalue weighted by atomic mass is 16.2. The monoisotopic (exact) mass is 313 g/mol. The highest BCUT2D eigenvalue weighted by Crippen LogP contribution is 2.34. The Labute approximate surface area is 133 Å². The highest BCUT2D eigenvalue weighted by molar-refractivity contribution is 6.34. The van der Waals surface area contributed by atoms with Crippen molar-refractivity contribution >= 4 is 22.7 Å². The molecule has 3 N–H and O–H groups in total. The standard InChI is InChI=1S/C17H19N3O3/c1-10-2-6-14(20(9-10)17(23)16(18)22)12-3-5-13-11(8-12)4-7-15(21)19-13/h3-5,7-8,10,14H,2,6,9H2,1H3,(H2,18,22)(H,19,21)/t10-,14+/m1/s1. The first-order valence-corrected chi connectivity index (χ1v) is 7.69. The second-order valence-corrected chi connectivity index (χ2v) is 6.19. The van der Waals surface area contributed by atoms with E-state index in [4.69, 9.17) is 5.73 Å². The number of fused-ring (bicyclic) bond motifs is 1. The van der Waals surface area contributed by atoms with Crippen molar-refractivity contribution < 1.29 is 9.59 Å². The molecule has 6 nitrogen and oxygen atoms in total. The molecule has 2 aromatic rings. The van der Waals surface area contributed by atoms with Gasteiger partial charge in [-0.25, -0.2) is 0 Å². The van der Waals surface area contributed by atoms with Crippen molar-refractivity contribution in [3.8, 4) is 0 Å². The van der Waals surface area contributed by atoms with Gasteiger partial charge in [0.1, 0.15) is 0 Å². The molecule has 0 aliphatic carbocycles. The fourth-order valence-corrected chi connectivity index (χ4v) is 3.25. The van der Waals surface area contributed by atoms with Crippen LogP contribution in [0.2, 0.25) is 0 Å². The number of aromatic nitrogens is 1. The van der Waals surface area contributed by atoms with Crippen LogP contribution in [0.4, 0.5) is 0 Å². The van der Waals surface area contributed by atoms with Gasteiger partial charge >= 0.3 is 11.8 Å². The van der Waals surface area contributed by atoms with Crippen molar-refractivity contribution in [3.05, 3.63) is 46.2 Å². The number of carbonyl (C=O) groups excluding carboxylic acids is 2. The first-order chi connectivity index (χ1) is 11.0. The molecule has 1 saturated heterocycles. The Balaban J connectivity index is 2.00. The second kappa shape index (κ2) is 5.87. The van der Waals surface area contributed by atoms with Crippen LogP contribution in [0.5, 0.6) is 0 Å². The Bertz CT molecular complexity index is 827. The number of primary amides is 1. The number of likely N-dealkylation sites (tertiary alicyclic amines) is 1. The van der Waals surface area contributed by atoms with Gasteiger partial charge in [0.25, 0.3) is 0 Å². The van der Waals surface area contributed by atoms with Crippen molar-refractivity contribution in [2.45, 2.75) is 25.8 Å². The van der Waals surface area contributed by atoms with Crippen LogP contribution in [0, 0.1) is 5.92 Å². The van der Waals surface area contributed by atoms with Crippen LogP contribution in [0.1, 0.15) is 31.4 Å². The molecular weight excluding hydrogens is 294 g/mol. The Kier molecular flexibility index (Phi) is 3.90. The molecule has 0 bridgehead atoms. The van der Waals surface area contributed by atoms with Gasteiger partial charge in [0.15, 0.2) is 0 Å². The summed E-state index contributed by atoms with van der Waals surface area (Å²) in [6.07, 6.45) is 1.77. The minimum atomic E-state index is -0.922. The fraction of sp³-hybridized carbons (Fsp3) is 0.353. The summed E-state index contributed by atoms with van der Waals surface area (Å²) in [5.74, 6) is -1.22. The summed E-state index contributed by atoms with van der Waals surface area (Å²) in [7, 11) is 0. The van der Waals surface area contributed by atoms with Gasteiger partial charge in [-0.15, -0.1) is 0 Å². The zero-order valence-electron chi connectivity index (χ0n) is 12.9. The van der Waals surface area contributed by atoms with E-state index >= 15 is 0 Å². The summed E-state index contributed by atoms with van der Waals surface area (Å²) in [5, 5.41) is 0.896. The van der Waals surface area contributed by atoms with Crippen molar-refractivity contribution in [1.29, 1.82) is 0 Å². The molecule has 2 heterocycles. The van der Waals surface area contributed by atoms with Gasteiger partial charge in [-0.05, 0) is 47.9 Å². The van der Waals surface area contributed by atoms with Crippen molar-refractivity contribution in [2.24, 2.45) is 11.7 Å². The predicted molar refractivity (Wildman–Crippen MR) is 86.6 cm³/mol. The lowest BCUT2D eigenvalue weighted by Crippen LogP contribution is -2.46. The Morgan fingerprint density at radius 3 is 2.74 bits per heavy atom. The number of benzene rings is 1. The van der Waals surface area contributed by atoms with E-state index in [2.05, 4.69) is 11.9 Å². The molecule has 0 unspecified atom stereocenters. The summed E-state index contributed by atoms with van der Waals surface area (Å²) in [6.45, 7) is 2.58. The van der Waals surface area contributed by atoms with E-state index in [1.54, 1.807) is 11.0 Å². The Hall–Kier alpha value is -2.63. The van der Waals surface area contributed by atoms with Crippen LogP contribution >= 0.6 is 0 Å². The Morgan fingerprint density at radius 2 is 2.00 bits per heavy atom. The summed E-state index contributed by atoms with van der Waals surface area (Å²) in [5.41, 5.74) is 6.74. The topological polar surface area (TPSA) is 96.3 Å². The van der Waals surface area contributed by atoms with Gasteiger partial charge < -0.3 is 15.6 Å². The third-order valence-electron chi connectivity index (χ3n) is 4.42. The number of piperidine rings is 1. The van der Waals surface area contributed by atoms with Crippen LogP contribution in [0.3, 0.4) is 0 Å². The molecule has 3 rings (SSSR count). The van der Waals surface area contributed by atoms with E-state index in [0.29, 0.717) is 12.5 Å². The zero-order valence-corrected chi connectivity index (χ0v) is 12.9. The number of rotatable bonds is 1. The predicted octanol–water partition coefficient (Wildman–Crippen LogP) is 1.31. The number of amides is 2. The van der Waals surface area contributed by atoms with Gasteiger partial charge in [0, 0.05) is 18.1 Å². The smallest absolute Gasteiger partial charge is 0.312 e. The number of pyridine rings is 1. The molecule has 2 atom stereocenters. The van der Waals surface area contributed by atoms with E-state index in [1.165, 1.54) is 6.07 Å². The molecule has 2 amide bonds. The molecule has 6 heteroatoms. The first kappa shape index (κ1) is 15.3. The average molecular weight is 313 g/mol. The van der Waals surface area contributed by atoms with Crippen LogP contribution in [0.15, 0.2) is 35.1 Å². The van der Waals surface area contributed by atoms with Crippen LogP contribution in [-0.2, 0) is 9.59 Å². The van der Waals surface area contributed by atoms with E-state index in [-0.39, 0.29) is 11.6 Å². The van der Waals surface area contributed by atoms with Crippen LogP contribution in [0.25, 0.3) is 10.9 Å². The van der Waals surface area contributed by atoms with Crippen LogP contribution < -0.4 is 11.3 Å². The zero-order chi connectivity index (χ0) is 16.6. The lowest BCUT2D eigenvalue weighted by atomic mass is 9.89. The number of nitrogens with two attached hydrogens (primary N) is 1. The highest BCUT2D eigenvalue weighted by Gasteiger charge is 2.33. The van der Waals surface area contributed by atoms with Crippen LogP contribution in [-0.4, -0.2) is 28.2 Å². The lowest BCUT2D eigenvalue weighted by Gasteiger charge is -2.38. The number of carbonyl (C=O) groups is 2. The number of nitrogens with one attached hydrogen (secondary N) is 1. The average Bonchev–Trinajstić information content (AvgIpc) is 2.53. The normalized spacial score (nSPS) is 21.3. The molecule has 1 aliphatic rings. The van der Waals surface area contributed by atoms with Gasteiger partial charge in [0.2, 0.25) is 5.56 Å². The Morgan fingerprint density at radius 1 is 1.22 bits per heavy atom.